The molecule has 0 unspecified atom stereocenters. The van der Waals surface area contributed by atoms with Crippen molar-refractivity contribution in [1.29, 1.82) is 0 Å². The summed E-state index contributed by atoms with van der Waals surface area (Å²) in [5.74, 6) is -1.66. The number of likely N-dealkylation sites (tertiary alicyclic amines) is 1. The number of fused-ring (bicyclic) bond motifs is 1. The van der Waals surface area contributed by atoms with Gasteiger partial charge < -0.3 is 9.64 Å². The third kappa shape index (κ3) is 3.70. The highest BCUT2D eigenvalue weighted by atomic mass is 16.5. The van der Waals surface area contributed by atoms with Gasteiger partial charge in [-0.05, 0) is 30.5 Å². The summed E-state index contributed by atoms with van der Waals surface area (Å²) in [6.07, 6.45) is 0.137. The Kier molecular flexibility index (Phi) is 5.35. The molecule has 2 atom stereocenters. The lowest BCUT2D eigenvalue weighted by atomic mass is 10.1. The first-order valence-corrected chi connectivity index (χ1v) is 9.92. The van der Waals surface area contributed by atoms with E-state index < -0.39 is 29.9 Å². The molecule has 2 heterocycles. The average molecular weight is 406 g/mol. The quantitative estimate of drug-likeness (QED) is 0.575. The van der Waals surface area contributed by atoms with Crippen LogP contribution in [0.5, 0.6) is 0 Å². The molecule has 2 aliphatic heterocycles. The lowest BCUT2D eigenvalue weighted by Crippen LogP contribution is -2.50. The molecule has 0 aromatic heterocycles. The highest BCUT2D eigenvalue weighted by Gasteiger charge is 2.45. The molecular weight excluding hydrogens is 384 g/mol. The van der Waals surface area contributed by atoms with Gasteiger partial charge in [-0.15, -0.1) is 0 Å². The van der Waals surface area contributed by atoms with E-state index in [9.17, 15) is 19.2 Å². The zero-order valence-corrected chi connectivity index (χ0v) is 16.6. The molecule has 2 aromatic carbocycles. The maximum atomic E-state index is 13.4. The monoisotopic (exact) mass is 406 g/mol. The summed E-state index contributed by atoms with van der Waals surface area (Å²) in [7, 11) is 0. The summed E-state index contributed by atoms with van der Waals surface area (Å²) in [5.41, 5.74) is 1.53. The van der Waals surface area contributed by atoms with Crippen LogP contribution in [0.15, 0.2) is 54.6 Å². The minimum atomic E-state index is -0.929. The number of carbonyl (C=O) groups excluding carboxylic acids is 4. The molecule has 0 bridgehead atoms. The minimum absolute atomic E-state index is 0.215. The van der Waals surface area contributed by atoms with Crippen molar-refractivity contribution in [3.63, 3.8) is 0 Å². The molecule has 0 spiro atoms. The molecule has 0 saturated carbocycles. The van der Waals surface area contributed by atoms with Gasteiger partial charge in [-0.25, -0.2) is 0 Å². The van der Waals surface area contributed by atoms with E-state index in [-0.39, 0.29) is 18.9 Å². The van der Waals surface area contributed by atoms with Crippen molar-refractivity contribution in [2.75, 3.05) is 6.54 Å². The standard InChI is InChI=1S/C23H22N2O5/c1-15(26)30-17-11-12-20(23(29)24(14-17)13-16-7-3-2-4-8-16)25-21(27)18-9-5-6-10-19(18)22(25)28/h2-10,17,20H,11-14H2,1H3/t17-,20-/m0/s1. The van der Waals surface area contributed by atoms with Gasteiger partial charge in [0.25, 0.3) is 11.8 Å². The molecule has 2 aliphatic rings. The summed E-state index contributed by atoms with van der Waals surface area (Å²) in [6.45, 7) is 1.85. The number of carbonyl (C=O) groups is 4. The second kappa shape index (κ2) is 8.10. The van der Waals surface area contributed by atoms with Crippen LogP contribution in [0.1, 0.15) is 46.0 Å². The van der Waals surface area contributed by atoms with E-state index in [0.29, 0.717) is 24.1 Å². The van der Waals surface area contributed by atoms with Crippen LogP contribution in [0, 0.1) is 0 Å². The minimum Gasteiger partial charge on any atom is -0.461 e. The Hall–Kier alpha value is -3.48. The van der Waals surface area contributed by atoms with Crippen LogP contribution in [-0.2, 0) is 20.9 Å². The number of imide groups is 1. The Morgan fingerprint density at radius 2 is 1.53 bits per heavy atom. The van der Waals surface area contributed by atoms with Crippen LogP contribution in [0.25, 0.3) is 0 Å². The number of esters is 1. The van der Waals surface area contributed by atoms with Gasteiger partial charge >= 0.3 is 5.97 Å². The van der Waals surface area contributed by atoms with Crippen LogP contribution < -0.4 is 0 Å². The highest BCUT2D eigenvalue weighted by molar-refractivity contribution is 6.22. The first kappa shape index (κ1) is 19.8. The largest absolute Gasteiger partial charge is 0.461 e. The Morgan fingerprint density at radius 3 is 2.13 bits per heavy atom. The summed E-state index contributed by atoms with van der Waals surface area (Å²) >= 11 is 0. The van der Waals surface area contributed by atoms with E-state index in [1.165, 1.54) is 6.92 Å². The second-order valence-corrected chi connectivity index (χ2v) is 7.55. The average Bonchev–Trinajstić information content (AvgIpc) is 2.89. The second-order valence-electron chi connectivity index (χ2n) is 7.55. The van der Waals surface area contributed by atoms with Gasteiger partial charge in [-0.1, -0.05) is 42.5 Å². The SMILES string of the molecule is CC(=O)O[C@H]1CC[C@H](N2C(=O)c3ccccc3C2=O)C(=O)N(Cc2ccccc2)C1. The van der Waals surface area contributed by atoms with E-state index in [1.54, 1.807) is 29.2 Å². The lowest BCUT2D eigenvalue weighted by Gasteiger charge is -2.29. The van der Waals surface area contributed by atoms with Gasteiger partial charge in [-0.2, -0.15) is 0 Å². The van der Waals surface area contributed by atoms with E-state index in [2.05, 4.69) is 0 Å². The zero-order chi connectivity index (χ0) is 21.3. The maximum absolute atomic E-state index is 13.4. The number of ether oxygens (including phenoxy) is 1. The summed E-state index contributed by atoms with van der Waals surface area (Å²) in [4.78, 5) is 53.5. The first-order valence-electron chi connectivity index (χ1n) is 9.92. The summed E-state index contributed by atoms with van der Waals surface area (Å²) in [6, 6.07) is 15.1. The third-order valence-electron chi connectivity index (χ3n) is 5.47. The van der Waals surface area contributed by atoms with E-state index >= 15 is 0 Å². The van der Waals surface area contributed by atoms with Crippen LogP contribution >= 0.6 is 0 Å². The summed E-state index contributed by atoms with van der Waals surface area (Å²) in [5, 5.41) is 0. The van der Waals surface area contributed by atoms with Crippen molar-refractivity contribution >= 4 is 23.7 Å². The number of hydrogen-bond donors (Lipinski definition) is 0. The first-order chi connectivity index (χ1) is 14.5. The lowest BCUT2D eigenvalue weighted by molar-refractivity contribution is -0.149. The Labute approximate surface area is 174 Å². The highest BCUT2D eigenvalue weighted by Crippen LogP contribution is 2.29. The van der Waals surface area contributed by atoms with Crippen molar-refractivity contribution in [1.82, 2.24) is 9.80 Å². The normalized spacial score (nSPS) is 21.4. The Morgan fingerprint density at radius 1 is 0.933 bits per heavy atom. The molecule has 0 radical (unpaired) electrons. The molecule has 7 nitrogen and oxygen atoms in total. The molecule has 154 valence electrons. The molecule has 1 saturated heterocycles. The van der Waals surface area contributed by atoms with Crippen LogP contribution in [-0.4, -0.2) is 52.2 Å². The number of nitrogens with zero attached hydrogens (tertiary/aromatic N) is 2. The van der Waals surface area contributed by atoms with E-state index in [1.807, 2.05) is 30.3 Å². The van der Waals surface area contributed by atoms with Gasteiger partial charge in [0.2, 0.25) is 5.91 Å². The van der Waals surface area contributed by atoms with E-state index in [0.717, 1.165) is 10.5 Å². The van der Waals surface area contributed by atoms with Crippen LogP contribution in [0.4, 0.5) is 0 Å². The smallest absolute Gasteiger partial charge is 0.302 e. The van der Waals surface area contributed by atoms with E-state index in [4.69, 9.17) is 4.74 Å². The number of amides is 3. The molecule has 2 aromatic rings. The number of rotatable bonds is 4. The molecule has 7 heteroatoms. The van der Waals surface area contributed by atoms with Gasteiger partial charge in [0, 0.05) is 13.5 Å². The molecule has 3 amide bonds. The Balaban J connectivity index is 1.64. The van der Waals surface area contributed by atoms with Gasteiger partial charge in [0.05, 0.1) is 17.7 Å². The summed E-state index contributed by atoms with van der Waals surface area (Å²) < 4.78 is 5.39. The molecule has 0 N–H and O–H groups in total. The molecule has 0 aliphatic carbocycles. The van der Waals surface area contributed by atoms with Crippen molar-refractivity contribution in [3.05, 3.63) is 71.3 Å². The fourth-order valence-corrected chi connectivity index (χ4v) is 4.11. The topological polar surface area (TPSA) is 84.0 Å². The van der Waals surface area contributed by atoms with Crippen LogP contribution in [0.3, 0.4) is 0 Å². The number of hydrogen-bond acceptors (Lipinski definition) is 5. The van der Waals surface area contributed by atoms with Crippen molar-refractivity contribution in [3.8, 4) is 0 Å². The molecule has 30 heavy (non-hydrogen) atoms. The van der Waals surface area contributed by atoms with Gasteiger partial charge in [0.15, 0.2) is 0 Å². The van der Waals surface area contributed by atoms with Crippen molar-refractivity contribution in [2.45, 2.75) is 38.5 Å². The van der Waals surface area contributed by atoms with Gasteiger partial charge in [0.1, 0.15) is 12.1 Å². The predicted octanol–water partition coefficient (Wildman–Crippen LogP) is 2.41. The molecular formula is C23H22N2O5. The third-order valence-corrected chi connectivity index (χ3v) is 5.47. The fraction of sp³-hybridized carbons (Fsp3) is 0.304. The van der Waals surface area contributed by atoms with Crippen LogP contribution in [0.2, 0.25) is 0 Å². The van der Waals surface area contributed by atoms with Crippen molar-refractivity contribution < 1.29 is 23.9 Å². The number of benzene rings is 2. The predicted molar refractivity (Wildman–Crippen MR) is 107 cm³/mol. The zero-order valence-electron chi connectivity index (χ0n) is 16.6. The maximum Gasteiger partial charge on any atom is 0.302 e. The molecule has 4 rings (SSSR count). The van der Waals surface area contributed by atoms with Gasteiger partial charge in [-0.3, -0.25) is 24.1 Å². The van der Waals surface area contributed by atoms with Crippen molar-refractivity contribution in [2.24, 2.45) is 0 Å². The molecule has 1 fully saturated rings. The fourth-order valence-electron chi connectivity index (χ4n) is 4.11. The Bertz CT molecular complexity index is 969.